The van der Waals surface area contributed by atoms with Gasteiger partial charge in [0.15, 0.2) is 0 Å². The third-order valence-electron chi connectivity index (χ3n) is 5.49. The third-order valence-corrected chi connectivity index (χ3v) is 5.49. The summed E-state index contributed by atoms with van der Waals surface area (Å²) in [6, 6.07) is 0. The van der Waals surface area contributed by atoms with Gasteiger partial charge >= 0.3 is 0 Å². The molecule has 2 heteroatoms. The van der Waals surface area contributed by atoms with Crippen molar-refractivity contribution in [2.45, 2.75) is 52.9 Å². The number of rotatable bonds is 5. The molecule has 1 aliphatic heterocycles. The summed E-state index contributed by atoms with van der Waals surface area (Å²) in [4.78, 5) is 0. The van der Waals surface area contributed by atoms with Crippen molar-refractivity contribution in [3.05, 3.63) is 0 Å². The minimum absolute atomic E-state index is 0.832. The molecular formula is C17H33NO. The number of hydrogen-bond acceptors (Lipinski definition) is 2. The Kier molecular flexibility index (Phi) is 6.15. The van der Waals surface area contributed by atoms with Crippen molar-refractivity contribution >= 4 is 0 Å². The van der Waals surface area contributed by atoms with E-state index in [1.807, 2.05) is 0 Å². The van der Waals surface area contributed by atoms with Crippen LogP contribution in [0.15, 0.2) is 0 Å². The normalized spacial score (nSPS) is 36.6. The monoisotopic (exact) mass is 267 g/mol. The van der Waals surface area contributed by atoms with Crippen molar-refractivity contribution in [2.24, 2.45) is 29.6 Å². The summed E-state index contributed by atoms with van der Waals surface area (Å²) < 4.78 is 5.76. The molecule has 1 saturated carbocycles. The second-order valence-corrected chi connectivity index (χ2v) is 7.03. The van der Waals surface area contributed by atoms with Crippen molar-refractivity contribution in [1.82, 2.24) is 5.32 Å². The Morgan fingerprint density at radius 3 is 2.68 bits per heavy atom. The molecule has 0 aromatic carbocycles. The topological polar surface area (TPSA) is 21.3 Å². The fraction of sp³-hybridized carbons (Fsp3) is 1.00. The number of nitrogens with one attached hydrogen (secondary N) is 1. The van der Waals surface area contributed by atoms with Crippen molar-refractivity contribution in [3.63, 3.8) is 0 Å². The molecule has 0 bridgehead atoms. The maximum absolute atomic E-state index is 5.76. The van der Waals surface area contributed by atoms with Crippen LogP contribution < -0.4 is 5.32 Å². The van der Waals surface area contributed by atoms with Crippen molar-refractivity contribution < 1.29 is 4.74 Å². The summed E-state index contributed by atoms with van der Waals surface area (Å²) in [7, 11) is 0. The Morgan fingerprint density at radius 2 is 2.05 bits per heavy atom. The highest BCUT2D eigenvalue weighted by Gasteiger charge is 2.36. The van der Waals surface area contributed by atoms with Gasteiger partial charge < -0.3 is 10.1 Å². The molecule has 4 unspecified atom stereocenters. The van der Waals surface area contributed by atoms with Crippen LogP contribution in [-0.4, -0.2) is 26.3 Å². The van der Waals surface area contributed by atoms with Gasteiger partial charge in [0.2, 0.25) is 0 Å². The molecule has 2 aliphatic rings. The molecule has 2 nitrogen and oxygen atoms in total. The highest BCUT2D eigenvalue weighted by atomic mass is 16.5. The molecule has 0 aromatic rings. The Hall–Kier alpha value is -0.0800. The minimum atomic E-state index is 0.832. The second-order valence-electron chi connectivity index (χ2n) is 7.03. The smallest absolute Gasteiger partial charge is 0.0497 e. The van der Waals surface area contributed by atoms with E-state index in [-0.39, 0.29) is 0 Å². The van der Waals surface area contributed by atoms with E-state index in [9.17, 15) is 0 Å². The molecule has 4 atom stereocenters. The van der Waals surface area contributed by atoms with Crippen LogP contribution in [0.25, 0.3) is 0 Å². The lowest BCUT2D eigenvalue weighted by Gasteiger charge is -2.43. The quantitative estimate of drug-likeness (QED) is 0.820. The summed E-state index contributed by atoms with van der Waals surface area (Å²) in [6.45, 7) is 11.4. The van der Waals surface area contributed by atoms with Gasteiger partial charge in [-0.3, -0.25) is 0 Å². The first kappa shape index (κ1) is 15.3. The fourth-order valence-electron chi connectivity index (χ4n) is 4.17. The predicted molar refractivity (Wildman–Crippen MR) is 81.2 cm³/mol. The standard InChI is InChI=1S/C17H33NO/c1-4-18-11-15-8-7-14(13(2)3)10-17(15)16-6-5-9-19-12-16/h13-18H,4-12H2,1-3H3. The molecule has 0 radical (unpaired) electrons. The van der Waals surface area contributed by atoms with Crippen LogP contribution in [0.4, 0.5) is 0 Å². The van der Waals surface area contributed by atoms with E-state index in [0.29, 0.717) is 0 Å². The first-order valence-electron chi connectivity index (χ1n) is 8.50. The minimum Gasteiger partial charge on any atom is -0.381 e. The van der Waals surface area contributed by atoms with E-state index >= 15 is 0 Å². The zero-order chi connectivity index (χ0) is 13.7. The first-order chi connectivity index (χ1) is 9.22. The van der Waals surface area contributed by atoms with Crippen LogP contribution in [0.1, 0.15) is 52.9 Å². The zero-order valence-corrected chi connectivity index (χ0v) is 13.2. The van der Waals surface area contributed by atoms with E-state index in [2.05, 4.69) is 26.1 Å². The molecule has 2 fully saturated rings. The van der Waals surface area contributed by atoms with Gasteiger partial charge in [-0.1, -0.05) is 20.8 Å². The average molecular weight is 267 g/mol. The zero-order valence-electron chi connectivity index (χ0n) is 13.2. The maximum atomic E-state index is 5.76. The highest BCUT2D eigenvalue weighted by Crippen LogP contribution is 2.43. The third kappa shape index (κ3) is 4.19. The Labute approximate surface area is 119 Å². The van der Waals surface area contributed by atoms with E-state index in [1.165, 1.54) is 38.6 Å². The fourth-order valence-corrected chi connectivity index (χ4v) is 4.17. The Bertz CT molecular complexity index is 248. The summed E-state index contributed by atoms with van der Waals surface area (Å²) in [5, 5.41) is 3.59. The van der Waals surface area contributed by atoms with Gasteiger partial charge in [-0.15, -0.1) is 0 Å². The summed E-state index contributed by atoms with van der Waals surface area (Å²) in [5.74, 6) is 4.43. The molecular weight excluding hydrogens is 234 g/mol. The van der Waals surface area contributed by atoms with Gasteiger partial charge in [-0.05, 0) is 74.8 Å². The van der Waals surface area contributed by atoms with E-state index in [0.717, 1.165) is 49.3 Å². The average Bonchev–Trinajstić information content (AvgIpc) is 2.45. The lowest BCUT2D eigenvalue weighted by atomic mass is 9.65. The van der Waals surface area contributed by atoms with Gasteiger partial charge in [-0.25, -0.2) is 0 Å². The largest absolute Gasteiger partial charge is 0.381 e. The predicted octanol–water partition coefficient (Wildman–Crippen LogP) is 3.71. The van der Waals surface area contributed by atoms with Crippen molar-refractivity contribution in [2.75, 3.05) is 26.3 Å². The molecule has 19 heavy (non-hydrogen) atoms. The molecule has 1 heterocycles. The lowest BCUT2D eigenvalue weighted by Crippen LogP contribution is -2.40. The Balaban J connectivity index is 1.97. The van der Waals surface area contributed by atoms with Crippen LogP contribution in [-0.2, 0) is 4.74 Å². The number of ether oxygens (including phenoxy) is 1. The van der Waals surface area contributed by atoms with Crippen molar-refractivity contribution in [1.29, 1.82) is 0 Å². The first-order valence-corrected chi connectivity index (χ1v) is 8.50. The molecule has 0 amide bonds. The molecule has 1 N–H and O–H groups in total. The molecule has 2 rings (SSSR count). The maximum Gasteiger partial charge on any atom is 0.0497 e. The molecule has 112 valence electrons. The van der Waals surface area contributed by atoms with Crippen LogP contribution in [0.3, 0.4) is 0 Å². The van der Waals surface area contributed by atoms with Crippen LogP contribution in [0, 0.1) is 29.6 Å². The summed E-state index contributed by atoms with van der Waals surface area (Å²) in [5.41, 5.74) is 0. The van der Waals surface area contributed by atoms with Crippen LogP contribution in [0.2, 0.25) is 0 Å². The summed E-state index contributed by atoms with van der Waals surface area (Å²) >= 11 is 0. The summed E-state index contributed by atoms with van der Waals surface area (Å²) in [6.07, 6.45) is 7.00. The van der Waals surface area contributed by atoms with Gasteiger partial charge in [-0.2, -0.15) is 0 Å². The van der Waals surface area contributed by atoms with E-state index < -0.39 is 0 Å². The van der Waals surface area contributed by atoms with Crippen LogP contribution >= 0.6 is 0 Å². The van der Waals surface area contributed by atoms with Gasteiger partial charge in [0.25, 0.3) is 0 Å². The van der Waals surface area contributed by atoms with Gasteiger partial charge in [0, 0.05) is 13.2 Å². The number of hydrogen-bond donors (Lipinski definition) is 1. The molecule has 1 saturated heterocycles. The molecule has 0 aromatic heterocycles. The Morgan fingerprint density at radius 1 is 1.21 bits per heavy atom. The van der Waals surface area contributed by atoms with Crippen LogP contribution in [0.5, 0.6) is 0 Å². The SMILES string of the molecule is CCNCC1CCC(C(C)C)CC1C1CCCOC1. The highest BCUT2D eigenvalue weighted by molar-refractivity contribution is 4.87. The van der Waals surface area contributed by atoms with Gasteiger partial charge in [0.05, 0.1) is 0 Å². The van der Waals surface area contributed by atoms with E-state index in [4.69, 9.17) is 4.74 Å². The second kappa shape index (κ2) is 7.64. The molecule has 1 aliphatic carbocycles. The van der Waals surface area contributed by atoms with E-state index in [1.54, 1.807) is 0 Å². The lowest BCUT2D eigenvalue weighted by molar-refractivity contribution is -0.00697. The van der Waals surface area contributed by atoms with Crippen molar-refractivity contribution in [3.8, 4) is 0 Å². The molecule has 0 spiro atoms. The van der Waals surface area contributed by atoms with Gasteiger partial charge in [0.1, 0.15) is 0 Å².